The molecule has 2 saturated heterocycles. The number of rotatable bonds is 3. The Hall–Kier alpha value is -1.79. The van der Waals surface area contributed by atoms with Crippen LogP contribution in [0.25, 0.3) is 0 Å². The monoisotopic (exact) mass is 470 g/mol. The molecule has 0 spiro atoms. The first kappa shape index (κ1) is 23.9. The van der Waals surface area contributed by atoms with Crippen molar-refractivity contribution in [2.45, 2.75) is 37.6 Å². The van der Waals surface area contributed by atoms with Crippen molar-refractivity contribution >= 4 is 23.2 Å². The summed E-state index contributed by atoms with van der Waals surface area (Å²) in [4.78, 5) is 25.4. The number of carbonyl (C=O) groups is 2. The number of carboxylic acid groups (broad SMARTS) is 1. The molecule has 2 aliphatic heterocycles. The number of fused-ring (bicyclic) bond motifs is 1. The van der Waals surface area contributed by atoms with E-state index in [1.165, 1.54) is 5.56 Å². The highest BCUT2D eigenvalue weighted by molar-refractivity contribution is 7.07. The molecule has 4 rings (SSSR count). The highest BCUT2D eigenvalue weighted by Gasteiger charge is 2.51. The molecule has 3 heterocycles. The van der Waals surface area contributed by atoms with E-state index in [9.17, 15) is 26.7 Å². The van der Waals surface area contributed by atoms with Crippen molar-refractivity contribution in [2.24, 2.45) is 11.8 Å². The van der Waals surface area contributed by atoms with Gasteiger partial charge in [-0.2, -0.15) is 24.5 Å². The van der Waals surface area contributed by atoms with Crippen LogP contribution in [0.4, 0.5) is 22.0 Å². The zero-order chi connectivity index (χ0) is 22.8. The molecular formula is C19H23F5N2O4S. The zero-order valence-electron chi connectivity index (χ0n) is 16.5. The van der Waals surface area contributed by atoms with Crippen molar-refractivity contribution in [3.63, 3.8) is 0 Å². The maximum absolute atomic E-state index is 13.0. The highest BCUT2D eigenvalue weighted by Crippen LogP contribution is 2.43. The van der Waals surface area contributed by atoms with E-state index in [0.717, 1.165) is 19.6 Å². The van der Waals surface area contributed by atoms with E-state index in [-0.39, 0.29) is 30.8 Å². The van der Waals surface area contributed by atoms with Crippen molar-refractivity contribution < 1.29 is 41.4 Å². The smallest absolute Gasteiger partial charge is 0.475 e. The lowest BCUT2D eigenvalue weighted by Crippen LogP contribution is -2.46. The summed E-state index contributed by atoms with van der Waals surface area (Å²) in [6.45, 7) is 4.54. The van der Waals surface area contributed by atoms with Crippen molar-refractivity contribution in [1.29, 1.82) is 0 Å². The van der Waals surface area contributed by atoms with Crippen LogP contribution in [0.5, 0.6) is 0 Å². The standard InChI is InChI=1S/C17H22F2N2O2S.C2HF3O2/c18-17(19)5-13(6-17)16(22)21-9-14-8-20(2-3-23-15(14)10-21)7-12-1-4-24-11-12;3-2(4,5)1(6)7/h1,4,11,13-15H,2-3,5-10H2;(H,6,7)/t14-,15+;/m0./s1. The van der Waals surface area contributed by atoms with Gasteiger partial charge in [-0.3, -0.25) is 9.69 Å². The lowest BCUT2D eigenvalue weighted by molar-refractivity contribution is -0.192. The predicted molar refractivity (Wildman–Crippen MR) is 101 cm³/mol. The Labute approximate surface area is 179 Å². The summed E-state index contributed by atoms with van der Waals surface area (Å²) in [6, 6.07) is 2.13. The molecule has 12 heteroatoms. The number of hydrogen-bond donors (Lipinski definition) is 1. The summed E-state index contributed by atoms with van der Waals surface area (Å²) in [5.41, 5.74) is 1.31. The summed E-state index contributed by atoms with van der Waals surface area (Å²) >= 11 is 1.70. The van der Waals surface area contributed by atoms with Crippen LogP contribution >= 0.6 is 11.3 Å². The lowest BCUT2D eigenvalue weighted by Gasteiger charge is -2.36. The number of carboxylic acids is 1. The molecule has 6 nitrogen and oxygen atoms in total. The number of ether oxygens (including phenoxy) is 1. The molecule has 1 amide bonds. The highest BCUT2D eigenvalue weighted by atomic mass is 32.1. The first-order valence-corrected chi connectivity index (χ1v) is 10.7. The molecular weight excluding hydrogens is 447 g/mol. The summed E-state index contributed by atoms with van der Waals surface area (Å²) in [6.07, 6.45) is -5.62. The fraction of sp³-hybridized carbons (Fsp3) is 0.684. The van der Waals surface area contributed by atoms with E-state index in [2.05, 4.69) is 21.7 Å². The fourth-order valence-electron chi connectivity index (χ4n) is 4.02. The van der Waals surface area contributed by atoms with E-state index in [1.54, 1.807) is 16.2 Å². The summed E-state index contributed by atoms with van der Waals surface area (Å²) in [5, 5.41) is 11.4. The second-order valence-electron chi connectivity index (χ2n) is 8.04. The third-order valence-electron chi connectivity index (χ3n) is 5.59. The SMILES string of the molecule is O=C(C1CC(F)(F)C1)N1C[C@@H]2CN(Cc3ccsc3)CCO[C@@H]2C1.O=C(O)C(F)(F)F. The Morgan fingerprint density at radius 3 is 2.45 bits per heavy atom. The van der Waals surface area contributed by atoms with Gasteiger partial charge in [0, 0.05) is 57.4 Å². The van der Waals surface area contributed by atoms with Crippen LogP contribution in [0, 0.1) is 11.8 Å². The minimum absolute atomic E-state index is 0.0435. The van der Waals surface area contributed by atoms with Gasteiger partial charge in [0.2, 0.25) is 11.8 Å². The van der Waals surface area contributed by atoms with Crippen LogP contribution in [0.15, 0.2) is 16.8 Å². The molecule has 2 atom stereocenters. The topological polar surface area (TPSA) is 70.1 Å². The average molecular weight is 470 g/mol. The summed E-state index contributed by atoms with van der Waals surface area (Å²) in [5.74, 6) is -5.73. The van der Waals surface area contributed by atoms with Crippen LogP contribution in [-0.2, 0) is 20.9 Å². The van der Waals surface area contributed by atoms with Crippen LogP contribution in [0.2, 0.25) is 0 Å². The lowest BCUT2D eigenvalue weighted by atomic mass is 9.80. The molecule has 1 aliphatic carbocycles. The first-order valence-electron chi connectivity index (χ1n) is 9.76. The molecule has 1 aromatic heterocycles. The third-order valence-corrected chi connectivity index (χ3v) is 6.32. The van der Waals surface area contributed by atoms with Crippen LogP contribution in [-0.4, -0.2) is 77.8 Å². The van der Waals surface area contributed by atoms with Crippen molar-refractivity contribution in [3.8, 4) is 0 Å². The Kier molecular flexibility index (Phi) is 7.21. The molecule has 3 aliphatic rings. The van der Waals surface area contributed by atoms with Gasteiger partial charge in [-0.25, -0.2) is 13.6 Å². The van der Waals surface area contributed by atoms with Crippen LogP contribution in [0.1, 0.15) is 18.4 Å². The van der Waals surface area contributed by atoms with Crippen molar-refractivity contribution in [2.75, 3.05) is 32.8 Å². The van der Waals surface area contributed by atoms with Crippen molar-refractivity contribution in [3.05, 3.63) is 22.4 Å². The number of carbonyl (C=O) groups excluding carboxylic acids is 1. The molecule has 0 radical (unpaired) electrons. The van der Waals surface area contributed by atoms with E-state index in [4.69, 9.17) is 14.6 Å². The van der Waals surface area contributed by atoms with E-state index < -0.39 is 24.0 Å². The maximum Gasteiger partial charge on any atom is 0.490 e. The number of thiophene rings is 1. The Bertz CT molecular complexity index is 766. The van der Waals surface area contributed by atoms with Gasteiger partial charge in [-0.15, -0.1) is 0 Å². The molecule has 31 heavy (non-hydrogen) atoms. The molecule has 174 valence electrons. The van der Waals surface area contributed by atoms with Gasteiger partial charge in [0.1, 0.15) is 0 Å². The van der Waals surface area contributed by atoms with Gasteiger partial charge in [-0.05, 0) is 22.4 Å². The van der Waals surface area contributed by atoms with Gasteiger partial charge in [0.15, 0.2) is 0 Å². The molecule has 1 aromatic rings. The minimum atomic E-state index is -5.08. The second-order valence-corrected chi connectivity index (χ2v) is 8.82. The normalized spacial score (nSPS) is 26.3. The number of aliphatic carboxylic acids is 1. The van der Waals surface area contributed by atoms with Gasteiger partial charge < -0.3 is 14.7 Å². The largest absolute Gasteiger partial charge is 0.490 e. The van der Waals surface area contributed by atoms with Crippen LogP contribution < -0.4 is 0 Å². The summed E-state index contributed by atoms with van der Waals surface area (Å²) in [7, 11) is 0. The Morgan fingerprint density at radius 1 is 1.23 bits per heavy atom. The molecule has 3 fully saturated rings. The maximum atomic E-state index is 13.0. The fourth-order valence-corrected chi connectivity index (χ4v) is 4.68. The number of nitrogens with zero attached hydrogens (tertiary/aromatic N) is 2. The minimum Gasteiger partial charge on any atom is -0.475 e. The molecule has 0 aromatic carbocycles. The number of amides is 1. The third kappa shape index (κ3) is 6.36. The molecule has 1 N–H and O–H groups in total. The van der Waals surface area contributed by atoms with E-state index in [1.807, 2.05) is 0 Å². The van der Waals surface area contributed by atoms with E-state index >= 15 is 0 Å². The zero-order valence-corrected chi connectivity index (χ0v) is 17.3. The number of likely N-dealkylation sites (tertiary alicyclic amines) is 1. The van der Waals surface area contributed by atoms with E-state index in [0.29, 0.717) is 19.7 Å². The number of alkyl halides is 5. The number of halogens is 5. The Morgan fingerprint density at radius 2 is 1.90 bits per heavy atom. The van der Waals surface area contributed by atoms with Gasteiger partial charge in [0.05, 0.1) is 12.7 Å². The van der Waals surface area contributed by atoms with Gasteiger partial charge in [-0.1, -0.05) is 0 Å². The molecule has 1 saturated carbocycles. The van der Waals surface area contributed by atoms with Crippen molar-refractivity contribution in [1.82, 2.24) is 9.80 Å². The summed E-state index contributed by atoms with van der Waals surface area (Å²) < 4.78 is 63.7. The predicted octanol–water partition coefficient (Wildman–Crippen LogP) is 3.09. The second kappa shape index (κ2) is 9.37. The first-order chi connectivity index (χ1) is 14.4. The van der Waals surface area contributed by atoms with Crippen LogP contribution in [0.3, 0.4) is 0 Å². The quantitative estimate of drug-likeness (QED) is 0.688. The average Bonchev–Trinajstić information content (AvgIpc) is 3.25. The molecule has 0 unspecified atom stereocenters. The Balaban J connectivity index is 0.000000339. The number of hydrogen-bond acceptors (Lipinski definition) is 5. The van der Waals surface area contributed by atoms with Gasteiger partial charge >= 0.3 is 12.1 Å². The van der Waals surface area contributed by atoms with Gasteiger partial charge in [0.25, 0.3) is 0 Å². The molecule has 0 bridgehead atoms.